The van der Waals surface area contributed by atoms with Crippen LogP contribution in [-0.2, 0) is 16.0 Å². The Hall–Kier alpha value is -4.66. The smallest absolute Gasteiger partial charge is 0.407 e. The molecule has 1 aliphatic heterocycles. The van der Waals surface area contributed by atoms with Gasteiger partial charge in [-0.15, -0.1) is 0 Å². The zero-order valence-corrected chi connectivity index (χ0v) is 28.4. The van der Waals surface area contributed by atoms with Gasteiger partial charge >= 0.3 is 23.9 Å². The Labute approximate surface area is 280 Å². The van der Waals surface area contributed by atoms with E-state index in [1.54, 1.807) is 12.3 Å². The van der Waals surface area contributed by atoms with Gasteiger partial charge in [-0.05, 0) is 97.0 Å². The van der Waals surface area contributed by atoms with E-state index in [0.717, 1.165) is 44.2 Å². The molecule has 1 saturated heterocycles. The molecule has 0 unspecified atom stereocenters. The normalized spacial score (nSPS) is 18.5. The zero-order valence-electron chi connectivity index (χ0n) is 28.4. The maximum absolute atomic E-state index is 12.8. The average Bonchev–Trinajstić information content (AvgIpc) is 3.00. The second-order valence-electron chi connectivity index (χ2n) is 13.8. The van der Waals surface area contributed by atoms with Gasteiger partial charge in [0.05, 0.1) is 5.69 Å². The van der Waals surface area contributed by atoms with Crippen molar-refractivity contribution < 1.29 is 29.0 Å². The van der Waals surface area contributed by atoms with Crippen molar-refractivity contribution in [3.8, 4) is 5.69 Å². The van der Waals surface area contributed by atoms with E-state index >= 15 is 0 Å². The summed E-state index contributed by atoms with van der Waals surface area (Å²) in [6, 6.07) is 9.31. The second kappa shape index (κ2) is 15.5. The van der Waals surface area contributed by atoms with Gasteiger partial charge in [-0.1, -0.05) is 12.1 Å². The van der Waals surface area contributed by atoms with Crippen molar-refractivity contribution in [3.63, 3.8) is 0 Å². The van der Waals surface area contributed by atoms with Crippen LogP contribution in [0.2, 0.25) is 0 Å². The predicted octanol–water partition coefficient (Wildman–Crippen LogP) is 2.92. The largest absolute Gasteiger partial charge is 0.465 e. The number of piperazine rings is 1. The number of benzene rings is 1. The highest BCUT2D eigenvalue weighted by molar-refractivity contribution is 5.90. The van der Waals surface area contributed by atoms with Crippen LogP contribution < -0.4 is 27.0 Å². The highest BCUT2D eigenvalue weighted by atomic mass is 16.6. The Morgan fingerprint density at radius 2 is 1.50 bits per heavy atom. The van der Waals surface area contributed by atoms with Gasteiger partial charge in [-0.25, -0.2) is 19.2 Å². The fourth-order valence-corrected chi connectivity index (χ4v) is 5.85. The second-order valence-corrected chi connectivity index (χ2v) is 13.8. The molecule has 0 radical (unpaired) electrons. The van der Waals surface area contributed by atoms with Gasteiger partial charge in [-0.3, -0.25) is 14.7 Å². The average molecular weight is 669 g/mol. The lowest BCUT2D eigenvalue weighted by Gasteiger charge is -2.38. The molecule has 1 aromatic carbocycles. The van der Waals surface area contributed by atoms with Gasteiger partial charge in [0.15, 0.2) is 0 Å². The maximum atomic E-state index is 12.8. The molecule has 2 heterocycles. The van der Waals surface area contributed by atoms with E-state index in [1.165, 1.54) is 28.2 Å². The third-order valence-electron chi connectivity index (χ3n) is 8.36. The van der Waals surface area contributed by atoms with Crippen LogP contribution in [0.25, 0.3) is 5.69 Å². The highest BCUT2D eigenvalue weighted by Crippen LogP contribution is 2.20. The Morgan fingerprint density at radius 1 is 0.896 bits per heavy atom. The highest BCUT2D eigenvalue weighted by Gasteiger charge is 2.35. The summed E-state index contributed by atoms with van der Waals surface area (Å²) in [6.07, 6.45) is 4.52. The van der Waals surface area contributed by atoms with Crippen molar-refractivity contribution >= 4 is 29.9 Å². The Morgan fingerprint density at radius 3 is 2.08 bits per heavy atom. The van der Waals surface area contributed by atoms with Crippen molar-refractivity contribution in [2.45, 2.75) is 89.9 Å². The van der Waals surface area contributed by atoms with Crippen molar-refractivity contribution in [2.75, 3.05) is 38.0 Å². The molecular weight excluding hydrogens is 620 g/mol. The van der Waals surface area contributed by atoms with E-state index < -0.39 is 29.0 Å². The molecule has 0 bridgehead atoms. The number of aromatic nitrogens is 2. The minimum atomic E-state index is -1.29. The quantitative estimate of drug-likeness (QED) is 0.268. The summed E-state index contributed by atoms with van der Waals surface area (Å²) >= 11 is 0. The molecule has 262 valence electrons. The lowest BCUT2D eigenvalue weighted by molar-refractivity contribution is -0.138. The molecule has 5 N–H and O–H groups in total. The van der Waals surface area contributed by atoms with Gasteiger partial charge < -0.3 is 35.6 Å². The van der Waals surface area contributed by atoms with Crippen molar-refractivity contribution in [1.29, 1.82) is 0 Å². The molecule has 15 nitrogen and oxygen atoms in total. The topological polar surface area (TPSA) is 187 Å². The molecule has 0 spiro atoms. The molecule has 1 aromatic heterocycles. The number of ether oxygens (including phenoxy) is 1. The number of nitrogens with one attached hydrogen (secondary N) is 4. The van der Waals surface area contributed by atoms with Crippen molar-refractivity contribution in [3.05, 3.63) is 52.6 Å². The summed E-state index contributed by atoms with van der Waals surface area (Å²) < 4.78 is 6.76. The van der Waals surface area contributed by atoms with E-state index in [1.807, 2.05) is 45.0 Å². The number of carbonyl (C=O) groups excluding carboxylic acids is 3. The van der Waals surface area contributed by atoms with Crippen LogP contribution >= 0.6 is 0 Å². The van der Waals surface area contributed by atoms with Gasteiger partial charge in [0.1, 0.15) is 17.0 Å². The lowest BCUT2D eigenvalue weighted by atomic mass is 9.91. The van der Waals surface area contributed by atoms with Crippen LogP contribution in [0.1, 0.15) is 65.9 Å². The maximum Gasteiger partial charge on any atom is 0.407 e. The molecule has 4 rings (SSSR count). The molecular formula is C33H48N8O7. The number of carboxylic acid groups (broad SMARTS) is 1. The SMILES string of the molecule is CC(C)(C)OC(=O)NC1CCC(NCCc2ccc(-n3ccc(NC(=O)N4CCN(C(=O)C(C)(C)NC(=O)O)CC4)nc3=O)cc2)CC1. The molecule has 1 aliphatic carbocycles. The molecule has 2 aliphatic rings. The summed E-state index contributed by atoms with van der Waals surface area (Å²) in [4.78, 5) is 68.4. The number of carbonyl (C=O) groups is 4. The first-order chi connectivity index (χ1) is 22.6. The number of hydrogen-bond donors (Lipinski definition) is 5. The van der Waals surface area contributed by atoms with Crippen LogP contribution in [0.3, 0.4) is 0 Å². The van der Waals surface area contributed by atoms with Crippen LogP contribution in [0, 0.1) is 0 Å². The van der Waals surface area contributed by atoms with Crippen LogP contribution in [-0.4, -0.2) is 105 Å². The Kier molecular flexibility index (Phi) is 11.7. The Balaban J connectivity index is 1.19. The fraction of sp³-hybridized carbons (Fsp3) is 0.576. The van der Waals surface area contributed by atoms with Gasteiger partial charge in [0.25, 0.3) is 0 Å². The van der Waals surface area contributed by atoms with Crippen molar-refractivity contribution in [1.82, 2.24) is 35.3 Å². The molecule has 48 heavy (non-hydrogen) atoms. The third-order valence-corrected chi connectivity index (χ3v) is 8.36. The first-order valence-corrected chi connectivity index (χ1v) is 16.4. The number of nitrogens with zero attached hydrogens (tertiary/aromatic N) is 4. The standard InChI is InChI=1S/C33H48N8O7/c1-32(2,3)48-31(47)35-24-10-8-23(9-11-24)34-16-14-22-6-12-25(13-7-22)41-17-15-26(37-29(41)44)36-28(43)40-20-18-39(19-21-40)27(42)33(4,5)38-30(45)46/h6-7,12-13,15,17,23-24,34,38H,8-11,14,16,18-21H2,1-5H3,(H,35,47)(H,45,46)(H,36,37,43,44). The first-order valence-electron chi connectivity index (χ1n) is 16.4. The zero-order chi connectivity index (χ0) is 35.1. The third kappa shape index (κ3) is 10.4. The number of amides is 5. The monoisotopic (exact) mass is 668 g/mol. The van der Waals surface area contributed by atoms with E-state index in [-0.39, 0.29) is 50.0 Å². The summed E-state index contributed by atoms with van der Waals surface area (Å²) in [5.41, 5.74) is -0.554. The summed E-state index contributed by atoms with van der Waals surface area (Å²) in [7, 11) is 0. The minimum Gasteiger partial charge on any atom is -0.465 e. The Bertz CT molecular complexity index is 1500. The van der Waals surface area contributed by atoms with Gasteiger partial charge in [-0.2, -0.15) is 4.98 Å². The first kappa shape index (κ1) is 36.2. The number of anilines is 1. The van der Waals surface area contributed by atoms with Gasteiger partial charge in [0, 0.05) is 44.5 Å². The van der Waals surface area contributed by atoms with Crippen LogP contribution in [0.5, 0.6) is 0 Å². The summed E-state index contributed by atoms with van der Waals surface area (Å²) in [5, 5.41) is 20.4. The molecule has 2 aromatic rings. The molecule has 2 fully saturated rings. The molecule has 15 heteroatoms. The van der Waals surface area contributed by atoms with E-state index in [9.17, 15) is 24.0 Å². The lowest BCUT2D eigenvalue weighted by Crippen LogP contribution is -2.60. The predicted molar refractivity (Wildman–Crippen MR) is 179 cm³/mol. The molecule has 5 amide bonds. The number of alkyl carbamates (subject to hydrolysis) is 1. The fourth-order valence-electron chi connectivity index (χ4n) is 5.85. The van der Waals surface area contributed by atoms with Crippen LogP contribution in [0.15, 0.2) is 41.3 Å². The van der Waals surface area contributed by atoms with E-state index in [4.69, 9.17) is 9.84 Å². The number of rotatable bonds is 9. The number of hydrogen-bond acceptors (Lipinski definition) is 8. The van der Waals surface area contributed by atoms with Crippen LogP contribution in [0.4, 0.5) is 20.2 Å². The van der Waals surface area contributed by atoms with E-state index in [2.05, 4.69) is 26.3 Å². The minimum absolute atomic E-state index is 0.115. The summed E-state index contributed by atoms with van der Waals surface area (Å²) in [5.74, 6) is -0.256. The van der Waals surface area contributed by atoms with E-state index in [0.29, 0.717) is 11.7 Å². The van der Waals surface area contributed by atoms with Gasteiger partial charge in [0.2, 0.25) is 5.91 Å². The summed E-state index contributed by atoms with van der Waals surface area (Å²) in [6.45, 7) is 10.3. The van der Waals surface area contributed by atoms with Crippen molar-refractivity contribution in [2.24, 2.45) is 0 Å². The molecule has 1 saturated carbocycles. The molecule has 0 atom stereocenters. The number of urea groups is 1.